The predicted molar refractivity (Wildman–Crippen MR) is 144 cm³/mol. The molecule has 0 spiro atoms. The van der Waals surface area contributed by atoms with Gasteiger partial charge < -0.3 is 15.0 Å². The highest BCUT2D eigenvalue weighted by atomic mass is 32.2. The fraction of sp³-hybridized carbons (Fsp3) is 0.286. The molecule has 0 saturated carbocycles. The van der Waals surface area contributed by atoms with Crippen molar-refractivity contribution in [1.82, 2.24) is 10.2 Å². The lowest BCUT2D eigenvalue weighted by atomic mass is 10.1. The molecule has 214 valence electrons. The molecule has 0 aliphatic rings. The molecule has 1 atom stereocenters. The number of carbonyl (C=O) groups excluding carboxylic acids is 2. The van der Waals surface area contributed by atoms with E-state index >= 15 is 0 Å². The van der Waals surface area contributed by atoms with Gasteiger partial charge in [-0.1, -0.05) is 35.9 Å². The number of nitrogens with zero attached hydrogens (tertiary/aromatic N) is 2. The van der Waals surface area contributed by atoms with Crippen molar-refractivity contribution in [3.8, 4) is 5.75 Å². The van der Waals surface area contributed by atoms with Gasteiger partial charge in [0, 0.05) is 13.6 Å². The van der Waals surface area contributed by atoms with E-state index in [0.717, 1.165) is 17.7 Å². The molecule has 3 aromatic carbocycles. The fourth-order valence-electron chi connectivity index (χ4n) is 3.92. The Morgan fingerprint density at radius 1 is 1.00 bits per heavy atom. The van der Waals surface area contributed by atoms with Crippen molar-refractivity contribution >= 4 is 27.5 Å². The van der Waals surface area contributed by atoms with Crippen LogP contribution in [0.3, 0.4) is 0 Å². The molecule has 3 aromatic rings. The van der Waals surface area contributed by atoms with Crippen LogP contribution in [0.1, 0.15) is 23.6 Å². The molecular weight excluding hydrogens is 547 g/mol. The second kappa shape index (κ2) is 12.4. The number of hydrogen-bond acceptors (Lipinski definition) is 5. The van der Waals surface area contributed by atoms with Crippen LogP contribution in [0, 0.1) is 6.92 Å². The molecule has 0 aliphatic heterocycles. The van der Waals surface area contributed by atoms with Gasteiger partial charge in [0.25, 0.3) is 10.0 Å². The lowest BCUT2D eigenvalue weighted by molar-refractivity contribution is -0.139. The number of hydrogen-bond donors (Lipinski definition) is 1. The summed E-state index contributed by atoms with van der Waals surface area (Å²) in [5, 5.41) is 2.46. The first-order valence-corrected chi connectivity index (χ1v) is 13.6. The van der Waals surface area contributed by atoms with Crippen molar-refractivity contribution in [2.75, 3.05) is 25.0 Å². The van der Waals surface area contributed by atoms with Gasteiger partial charge in [-0.15, -0.1) is 0 Å². The Kier molecular flexibility index (Phi) is 9.46. The molecule has 0 bridgehead atoms. The number of methoxy groups -OCH3 is 1. The van der Waals surface area contributed by atoms with Gasteiger partial charge in [0.05, 0.1) is 23.3 Å². The Labute approximate surface area is 231 Å². The lowest BCUT2D eigenvalue weighted by Gasteiger charge is -2.32. The van der Waals surface area contributed by atoms with Gasteiger partial charge in [-0.05, 0) is 61.9 Å². The molecule has 0 unspecified atom stereocenters. The van der Waals surface area contributed by atoms with Crippen LogP contribution in [0.2, 0.25) is 0 Å². The van der Waals surface area contributed by atoms with E-state index in [2.05, 4.69) is 5.32 Å². The fourth-order valence-corrected chi connectivity index (χ4v) is 5.33. The number of ether oxygens (including phenoxy) is 1. The van der Waals surface area contributed by atoms with Gasteiger partial charge >= 0.3 is 6.18 Å². The van der Waals surface area contributed by atoms with E-state index < -0.39 is 46.2 Å². The van der Waals surface area contributed by atoms with E-state index in [0.29, 0.717) is 21.7 Å². The van der Waals surface area contributed by atoms with E-state index in [4.69, 9.17) is 4.74 Å². The summed E-state index contributed by atoms with van der Waals surface area (Å²) in [6.07, 6.45) is -4.74. The number of carbonyl (C=O) groups is 2. The minimum absolute atomic E-state index is 0.0710. The average molecular weight is 578 g/mol. The van der Waals surface area contributed by atoms with E-state index in [9.17, 15) is 31.2 Å². The molecule has 2 amide bonds. The molecule has 3 rings (SSSR count). The number of halogens is 3. The molecule has 0 radical (unpaired) electrons. The van der Waals surface area contributed by atoms with Crippen LogP contribution in [-0.2, 0) is 32.3 Å². The molecule has 8 nitrogen and oxygen atoms in total. The first-order chi connectivity index (χ1) is 18.8. The smallest absolute Gasteiger partial charge is 0.416 e. The number of aryl methyl sites for hydroxylation is 1. The second-order valence-corrected chi connectivity index (χ2v) is 10.9. The van der Waals surface area contributed by atoms with E-state index in [1.54, 1.807) is 43.3 Å². The largest absolute Gasteiger partial charge is 0.497 e. The molecule has 0 aliphatic carbocycles. The van der Waals surface area contributed by atoms with Crippen LogP contribution in [-0.4, -0.2) is 51.9 Å². The van der Waals surface area contributed by atoms with Crippen LogP contribution >= 0.6 is 0 Å². The van der Waals surface area contributed by atoms with Gasteiger partial charge in [-0.25, -0.2) is 8.42 Å². The summed E-state index contributed by atoms with van der Waals surface area (Å²) in [5.74, 6) is -0.727. The van der Waals surface area contributed by atoms with Crippen LogP contribution in [0.5, 0.6) is 5.75 Å². The Morgan fingerprint density at radius 2 is 1.62 bits per heavy atom. The number of benzene rings is 3. The maximum Gasteiger partial charge on any atom is 0.416 e. The van der Waals surface area contributed by atoms with Crippen molar-refractivity contribution in [3.63, 3.8) is 0 Å². The Bertz CT molecular complexity index is 1440. The van der Waals surface area contributed by atoms with Gasteiger partial charge in [-0.3, -0.25) is 13.9 Å². The monoisotopic (exact) mass is 577 g/mol. The lowest BCUT2D eigenvalue weighted by Crippen LogP contribution is -2.50. The summed E-state index contributed by atoms with van der Waals surface area (Å²) in [7, 11) is -1.60. The van der Waals surface area contributed by atoms with Gasteiger partial charge in [-0.2, -0.15) is 13.2 Å². The summed E-state index contributed by atoms with van der Waals surface area (Å²) >= 11 is 0. The predicted octanol–water partition coefficient (Wildman–Crippen LogP) is 4.38. The minimum atomic E-state index is -4.74. The normalized spacial score (nSPS) is 12.4. The maximum atomic E-state index is 13.7. The molecule has 0 saturated heterocycles. The summed E-state index contributed by atoms with van der Waals surface area (Å²) in [4.78, 5) is 27.2. The standard InChI is InChI=1S/C28H30F3N3O5S/c1-19-8-14-25(15-9-19)40(37,38)34(23-7-5-6-22(16-23)28(29,30)31)18-26(35)33(20(2)27(36)32-3)17-21-10-12-24(39-4)13-11-21/h5-16,20H,17-18H2,1-4H3,(H,32,36)/t20-/m0/s1. The molecule has 0 aromatic heterocycles. The third-order valence-corrected chi connectivity index (χ3v) is 8.06. The first-order valence-electron chi connectivity index (χ1n) is 12.2. The van der Waals surface area contributed by atoms with E-state index in [1.165, 1.54) is 44.2 Å². The average Bonchev–Trinajstić information content (AvgIpc) is 2.93. The van der Waals surface area contributed by atoms with Gasteiger partial charge in [0.2, 0.25) is 11.8 Å². The highest BCUT2D eigenvalue weighted by Gasteiger charge is 2.35. The molecular formula is C28H30F3N3O5S. The Morgan fingerprint density at radius 3 is 2.17 bits per heavy atom. The van der Waals surface area contributed by atoms with Crippen molar-refractivity contribution in [1.29, 1.82) is 0 Å². The second-order valence-electron chi connectivity index (χ2n) is 9.03. The molecule has 40 heavy (non-hydrogen) atoms. The van der Waals surface area contributed by atoms with E-state index in [-0.39, 0.29) is 17.1 Å². The summed E-state index contributed by atoms with van der Waals surface area (Å²) in [5.41, 5.74) is -0.0289. The first kappa shape index (κ1) is 30.5. The maximum absolute atomic E-state index is 13.7. The molecule has 1 N–H and O–H groups in total. The summed E-state index contributed by atoms with van der Waals surface area (Å²) < 4.78 is 73.8. The van der Waals surface area contributed by atoms with Crippen LogP contribution in [0.4, 0.5) is 18.9 Å². The number of alkyl halides is 3. The van der Waals surface area contributed by atoms with Gasteiger partial charge in [0.15, 0.2) is 0 Å². The van der Waals surface area contributed by atoms with Crippen LogP contribution < -0.4 is 14.4 Å². The highest BCUT2D eigenvalue weighted by Crippen LogP contribution is 2.33. The number of sulfonamides is 1. The third kappa shape index (κ3) is 7.12. The van der Waals surface area contributed by atoms with Crippen molar-refractivity contribution in [2.24, 2.45) is 0 Å². The SMILES string of the molecule is CNC(=O)[C@H](C)N(Cc1ccc(OC)cc1)C(=O)CN(c1cccc(C(F)(F)F)c1)S(=O)(=O)c1ccc(C)cc1. The molecule has 0 heterocycles. The zero-order valence-corrected chi connectivity index (χ0v) is 23.2. The Hall–Kier alpha value is -4.06. The van der Waals surface area contributed by atoms with Crippen LogP contribution in [0.15, 0.2) is 77.7 Å². The summed E-state index contributed by atoms with van der Waals surface area (Å²) in [6, 6.07) is 15.1. The topological polar surface area (TPSA) is 96.0 Å². The zero-order chi connectivity index (χ0) is 29.7. The Balaban J connectivity index is 2.08. The number of rotatable bonds is 10. The number of nitrogens with one attached hydrogen (secondary N) is 1. The number of likely N-dealkylation sites (N-methyl/N-ethyl adjacent to an activating group) is 1. The molecule has 12 heteroatoms. The number of amides is 2. The van der Waals surface area contributed by atoms with Crippen molar-refractivity contribution in [2.45, 2.75) is 37.5 Å². The number of anilines is 1. The van der Waals surface area contributed by atoms with Crippen LogP contribution in [0.25, 0.3) is 0 Å². The van der Waals surface area contributed by atoms with Crippen molar-refractivity contribution < 1.29 is 35.9 Å². The zero-order valence-electron chi connectivity index (χ0n) is 22.4. The van der Waals surface area contributed by atoms with Gasteiger partial charge in [0.1, 0.15) is 18.3 Å². The highest BCUT2D eigenvalue weighted by molar-refractivity contribution is 7.92. The van der Waals surface area contributed by atoms with E-state index in [1.807, 2.05) is 0 Å². The molecule has 0 fully saturated rings. The third-order valence-electron chi connectivity index (χ3n) is 6.27. The quantitative estimate of drug-likeness (QED) is 0.386. The summed E-state index contributed by atoms with van der Waals surface area (Å²) in [6.45, 7) is 2.30. The van der Waals surface area contributed by atoms with Crippen molar-refractivity contribution in [3.05, 3.63) is 89.5 Å². The minimum Gasteiger partial charge on any atom is -0.497 e.